The molecule has 20 heavy (non-hydrogen) atoms. The quantitative estimate of drug-likeness (QED) is 0.937. The summed E-state index contributed by atoms with van der Waals surface area (Å²) in [7, 11) is -3.97. The molecule has 0 saturated heterocycles. The molecule has 0 amide bonds. The van der Waals surface area contributed by atoms with Gasteiger partial charge in [-0.2, -0.15) is 0 Å². The highest BCUT2D eigenvalue weighted by atomic mass is 35.5. The van der Waals surface area contributed by atoms with Crippen LogP contribution in [0.15, 0.2) is 42.5 Å². The van der Waals surface area contributed by atoms with Gasteiger partial charge in [0.05, 0.1) is 5.75 Å². The van der Waals surface area contributed by atoms with E-state index in [-0.39, 0.29) is 5.02 Å². The Morgan fingerprint density at radius 2 is 1.60 bits per heavy atom. The van der Waals surface area contributed by atoms with Crippen LogP contribution in [0.4, 0.5) is 14.5 Å². The number of nitrogens with one attached hydrogen (secondary N) is 1. The van der Waals surface area contributed by atoms with Crippen LogP contribution in [0.25, 0.3) is 0 Å². The average molecular weight is 318 g/mol. The number of halogens is 3. The maximum atomic E-state index is 13.4. The third-order valence-corrected chi connectivity index (χ3v) is 4.10. The zero-order valence-electron chi connectivity index (χ0n) is 10.1. The van der Waals surface area contributed by atoms with Crippen molar-refractivity contribution < 1.29 is 17.2 Å². The lowest BCUT2D eigenvalue weighted by Gasteiger charge is -2.10. The molecule has 2 rings (SSSR count). The Hall–Kier alpha value is -1.66. The van der Waals surface area contributed by atoms with E-state index in [0.29, 0.717) is 5.56 Å². The Labute approximate surface area is 120 Å². The molecule has 0 atom stereocenters. The SMILES string of the molecule is O=S(=O)(Cc1ccccc1Cl)Nc1c(F)cccc1F. The summed E-state index contributed by atoms with van der Waals surface area (Å²) in [5.41, 5.74) is -0.349. The third-order valence-electron chi connectivity index (χ3n) is 2.52. The Morgan fingerprint density at radius 3 is 2.20 bits per heavy atom. The maximum absolute atomic E-state index is 13.4. The second kappa shape index (κ2) is 5.76. The van der Waals surface area contributed by atoms with E-state index in [1.165, 1.54) is 12.1 Å². The smallest absolute Gasteiger partial charge is 0.237 e. The van der Waals surface area contributed by atoms with E-state index in [1.54, 1.807) is 12.1 Å². The largest absolute Gasteiger partial charge is 0.278 e. The van der Waals surface area contributed by atoms with Crippen LogP contribution in [0, 0.1) is 11.6 Å². The lowest BCUT2D eigenvalue weighted by Crippen LogP contribution is -2.17. The molecule has 0 saturated carbocycles. The summed E-state index contributed by atoms with van der Waals surface area (Å²) < 4.78 is 52.6. The molecule has 2 aromatic rings. The fraction of sp³-hybridized carbons (Fsp3) is 0.0769. The summed E-state index contributed by atoms with van der Waals surface area (Å²) in [5.74, 6) is -2.43. The minimum atomic E-state index is -3.97. The molecule has 0 aliphatic heterocycles. The Kier molecular flexibility index (Phi) is 4.25. The van der Waals surface area contributed by atoms with Gasteiger partial charge < -0.3 is 0 Å². The number of rotatable bonds is 4. The molecule has 7 heteroatoms. The van der Waals surface area contributed by atoms with E-state index in [2.05, 4.69) is 0 Å². The monoisotopic (exact) mass is 317 g/mol. The van der Waals surface area contributed by atoms with E-state index in [1.807, 2.05) is 4.72 Å². The fourth-order valence-corrected chi connectivity index (χ4v) is 3.13. The van der Waals surface area contributed by atoms with E-state index < -0.39 is 33.1 Å². The van der Waals surface area contributed by atoms with Crippen LogP contribution in [-0.4, -0.2) is 8.42 Å². The zero-order valence-corrected chi connectivity index (χ0v) is 11.7. The molecule has 3 nitrogen and oxygen atoms in total. The van der Waals surface area contributed by atoms with Crippen molar-refractivity contribution in [3.8, 4) is 0 Å². The molecule has 0 unspecified atom stereocenters. The normalized spacial score (nSPS) is 11.3. The van der Waals surface area contributed by atoms with Crippen molar-refractivity contribution >= 4 is 27.3 Å². The van der Waals surface area contributed by atoms with Crippen molar-refractivity contribution in [2.24, 2.45) is 0 Å². The lowest BCUT2D eigenvalue weighted by molar-refractivity contribution is 0.582. The third kappa shape index (κ3) is 3.46. The summed E-state index contributed by atoms with van der Waals surface area (Å²) in [4.78, 5) is 0. The maximum Gasteiger partial charge on any atom is 0.237 e. The first-order valence-electron chi connectivity index (χ1n) is 5.57. The molecule has 0 bridgehead atoms. The number of hydrogen-bond acceptors (Lipinski definition) is 2. The number of hydrogen-bond donors (Lipinski definition) is 1. The van der Waals surface area contributed by atoms with Crippen LogP contribution in [-0.2, 0) is 15.8 Å². The van der Waals surface area contributed by atoms with E-state index in [9.17, 15) is 17.2 Å². The van der Waals surface area contributed by atoms with Gasteiger partial charge in [0.2, 0.25) is 10.0 Å². The number of para-hydroxylation sites is 1. The minimum Gasteiger partial charge on any atom is -0.278 e. The molecular weight excluding hydrogens is 308 g/mol. The Bertz CT molecular complexity index is 715. The average Bonchev–Trinajstić information content (AvgIpc) is 2.37. The molecule has 0 aliphatic rings. The second-order valence-electron chi connectivity index (χ2n) is 4.05. The van der Waals surface area contributed by atoms with Crippen molar-refractivity contribution in [2.75, 3.05) is 4.72 Å². The summed E-state index contributed by atoms with van der Waals surface area (Å²) in [6.07, 6.45) is 0. The Morgan fingerprint density at radius 1 is 1.00 bits per heavy atom. The van der Waals surface area contributed by atoms with Gasteiger partial charge in [-0.05, 0) is 23.8 Å². The summed E-state index contributed by atoms with van der Waals surface area (Å²) in [6.45, 7) is 0. The molecular formula is C13H10ClF2NO2S. The summed E-state index contributed by atoms with van der Waals surface area (Å²) >= 11 is 5.86. The molecule has 0 aromatic heterocycles. The molecule has 0 spiro atoms. The summed E-state index contributed by atoms with van der Waals surface area (Å²) in [6, 6.07) is 9.43. The van der Waals surface area contributed by atoms with Crippen molar-refractivity contribution in [1.82, 2.24) is 0 Å². The van der Waals surface area contributed by atoms with Gasteiger partial charge in [0.25, 0.3) is 0 Å². The van der Waals surface area contributed by atoms with Crippen LogP contribution in [0.3, 0.4) is 0 Å². The Balaban J connectivity index is 2.27. The topological polar surface area (TPSA) is 46.2 Å². The standard InChI is InChI=1S/C13H10ClF2NO2S/c14-10-5-2-1-4-9(10)8-20(18,19)17-13-11(15)6-3-7-12(13)16/h1-7,17H,8H2. The van der Waals surface area contributed by atoms with Gasteiger partial charge in [-0.1, -0.05) is 35.9 Å². The molecule has 0 aliphatic carbocycles. The van der Waals surface area contributed by atoms with E-state index in [0.717, 1.165) is 18.2 Å². The molecule has 0 heterocycles. The van der Waals surface area contributed by atoms with Gasteiger partial charge in [-0.15, -0.1) is 0 Å². The van der Waals surface area contributed by atoms with Gasteiger partial charge in [0.1, 0.15) is 17.3 Å². The number of sulfonamides is 1. The van der Waals surface area contributed by atoms with Crippen molar-refractivity contribution in [3.63, 3.8) is 0 Å². The number of benzene rings is 2. The van der Waals surface area contributed by atoms with Crippen LogP contribution in [0.5, 0.6) is 0 Å². The van der Waals surface area contributed by atoms with Gasteiger partial charge in [0, 0.05) is 5.02 Å². The first kappa shape index (κ1) is 14.7. The van der Waals surface area contributed by atoms with E-state index in [4.69, 9.17) is 11.6 Å². The predicted molar refractivity (Wildman–Crippen MR) is 74.1 cm³/mol. The molecule has 0 radical (unpaired) electrons. The molecule has 2 aromatic carbocycles. The van der Waals surface area contributed by atoms with Crippen LogP contribution in [0.1, 0.15) is 5.56 Å². The first-order chi connectivity index (χ1) is 9.39. The van der Waals surface area contributed by atoms with Gasteiger partial charge in [-0.25, -0.2) is 17.2 Å². The van der Waals surface area contributed by atoms with Crippen LogP contribution < -0.4 is 4.72 Å². The minimum absolute atomic E-state index is 0.270. The predicted octanol–water partition coefficient (Wildman–Crippen LogP) is 3.56. The van der Waals surface area contributed by atoms with E-state index >= 15 is 0 Å². The first-order valence-corrected chi connectivity index (χ1v) is 7.60. The van der Waals surface area contributed by atoms with Gasteiger partial charge >= 0.3 is 0 Å². The fourth-order valence-electron chi connectivity index (χ4n) is 1.61. The summed E-state index contributed by atoms with van der Waals surface area (Å²) in [5, 5.41) is 0.270. The van der Waals surface area contributed by atoms with Crippen LogP contribution in [0.2, 0.25) is 5.02 Å². The molecule has 1 N–H and O–H groups in total. The van der Waals surface area contributed by atoms with Gasteiger partial charge in [0.15, 0.2) is 0 Å². The molecule has 106 valence electrons. The zero-order chi connectivity index (χ0) is 14.8. The van der Waals surface area contributed by atoms with Gasteiger partial charge in [-0.3, -0.25) is 4.72 Å². The second-order valence-corrected chi connectivity index (χ2v) is 6.18. The highest BCUT2D eigenvalue weighted by Gasteiger charge is 2.18. The van der Waals surface area contributed by atoms with Crippen molar-refractivity contribution in [3.05, 3.63) is 64.7 Å². The van der Waals surface area contributed by atoms with Crippen molar-refractivity contribution in [1.29, 1.82) is 0 Å². The highest BCUT2D eigenvalue weighted by Crippen LogP contribution is 2.22. The molecule has 0 fully saturated rings. The van der Waals surface area contributed by atoms with Crippen molar-refractivity contribution in [2.45, 2.75) is 5.75 Å². The highest BCUT2D eigenvalue weighted by molar-refractivity contribution is 7.91. The number of anilines is 1. The lowest BCUT2D eigenvalue weighted by atomic mass is 10.2. The van der Waals surface area contributed by atoms with Crippen LogP contribution >= 0.6 is 11.6 Å².